The van der Waals surface area contributed by atoms with E-state index in [1.807, 2.05) is 95.5 Å². The second-order valence-electron chi connectivity index (χ2n) is 29.4. The second kappa shape index (κ2) is 33.5. The lowest BCUT2D eigenvalue weighted by atomic mass is 9.95. The molecular formula is C83H95N13O15. The summed E-state index contributed by atoms with van der Waals surface area (Å²) in [7, 11) is 4.64. The highest BCUT2D eigenvalue weighted by atomic mass is 16.6. The first-order valence-electron chi connectivity index (χ1n) is 37.9. The van der Waals surface area contributed by atoms with Crippen molar-refractivity contribution in [1.82, 2.24) is 46.1 Å². The van der Waals surface area contributed by atoms with E-state index in [9.17, 15) is 43.2 Å². The molecule has 6 aromatic carbocycles. The smallest absolute Gasteiger partial charge is 0.414 e. The molecular weight excluding hydrogens is 1420 g/mol. The third kappa shape index (κ3) is 16.6. The molecule has 9 amide bonds. The monoisotopic (exact) mass is 1510 g/mol. The van der Waals surface area contributed by atoms with Gasteiger partial charge < -0.3 is 75.0 Å². The summed E-state index contributed by atoms with van der Waals surface area (Å²) in [5, 5.41) is 25.8. The molecule has 5 aliphatic heterocycles. The van der Waals surface area contributed by atoms with Gasteiger partial charge in [0.15, 0.2) is 23.0 Å². The van der Waals surface area contributed by atoms with Crippen LogP contribution in [-0.2, 0) is 46.7 Å². The summed E-state index contributed by atoms with van der Waals surface area (Å²) < 4.78 is 37.6. The van der Waals surface area contributed by atoms with E-state index in [1.54, 1.807) is 79.3 Å². The van der Waals surface area contributed by atoms with E-state index in [-0.39, 0.29) is 86.0 Å². The topological polar surface area (TPSA) is 325 Å². The van der Waals surface area contributed by atoms with E-state index in [0.29, 0.717) is 88.5 Å². The molecule has 0 radical (unpaired) electrons. The maximum absolute atomic E-state index is 14.7. The van der Waals surface area contributed by atoms with Crippen LogP contribution in [0.4, 0.5) is 27.5 Å². The lowest BCUT2D eigenvalue weighted by Crippen LogP contribution is -2.55. The number of rotatable bonds is 28. The number of benzene rings is 6. The van der Waals surface area contributed by atoms with Crippen LogP contribution < -0.4 is 65.4 Å². The second-order valence-corrected chi connectivity index (χ2v) is 29.4. The molecule has 6 N–H and O–H groups in total. The first-order chi connectivity index (χ1) is 53.6. The number of carbonyl (C=O) groups is 9. The van der Waals surface area contributed by atoms with Crippen LogP contribution >= 0.6 is 0 Å². The van der Waals surface area contributed by atoms with Crippen LogP contribution in [0.15, 0.2) is 128 Å². The molecule has 28 nitrogen and oxygen atoms in total. The fourth-order valence-corrected chi connectivity index (χ4v) is 15.3. The number of nitrogens with zero attached hydrogens (tertiary/aromatic N) is 7. The van der Waals surface area contributed by atoms with Gasteiger partial charge in [0.25, 0.3) is 11.8 Å². The van der Waals surface area contributed by atoms with Crippen LogP contribution in [0.3, 0.4) is 0 Å². The van der Waals surface area contributed by atoms with E-state index in [2.05, 4.69) is 56.1 Å². The van der Waals surface area contributed by atoms with Gasteiger partial charge in [-0.25, -0.2) is 9.48 Å². The van der Waals surface area contributed by atoms with Gasteiger partial charge in [-0.15, -0.1) is 5.10 Å². The Morgan fingerprint density at radius 2 is 1.36 bits per heavy atom. The number of amides is 9. The fourth-order valence-electron chi connectivity index (χ4n) is 15.3. The minimum absolute atomic E-state index is 0.00621. The summed E-state index contributed by atoms with van der Waals surface area (Å²) >= 11 is 0. The molecule has 111 heavy (non-hydrogen) atoms. The summed E-state index contributed by atoms with van der Waals surface area (Å²) in [5.41, 5.74) is 9.44. The molecule has 1 saturated carbocycles. The Balaban J connectivity index is 0.568. The van der Waals surface area contributed by atoms with Crippen molar-refractivity contribution < 1.29 is 71.6 Å². The van der Waals surface area contributed by atoms with Gasteiger partial charge in [0.1, 0.15) is 30.1 Å². The zero-order chi connectivity index (χ0) is 78.4. The predicted octanol–water partition coefficient (Wildman–Crippen LogP) is 10.2. The summed E-state index contributed by atoms with van der Waals surface area (Å²) in [5.74, 6) is -2.07. The SMILES string of the molecule is CCC(CC)n1nnc2c1-c1ccccc1CN(C(=O)CCC(=O)NCC(=O)NCC(=O)N[C@H](C(=O)N[C@@H](C)C(=O)Nc1ccc(COC(=O)N3c4cc(OCCCOc5cc6c(cc5OC)C(=O)N5C=C(c7ccc(OC)cc7)CC5CN6)c(OC)cc4C(=O)N4CC5(CC5)CC4[C@@H]3C)cc1)C(C)C)c1ccccc1-2. The normalized spacial score (nSPS) is 17.4. The van der Waals surface area contributed by atoms with E-state index in [4.69, 9.17) is 28.4 Å². The molecule has 2 unspecified atom stereocenters. The van der Waals surface area contributed by atoms with Crippen LogP contribution in [0.25, 0.3) is 28.1 Å². The Kier molecular flexibility index (Phi) is 23.3. The highest BCUT2D eigenvalue weighted by Gasteiger charge is 2.57. The van der Waals surface area contributed by atoms with Gasteiger partial charge in [-0.2, -0.15) is 0 Å². The zero-order valence-electron chi connectivity index (χ0n) is 63.9. The first-order valence-corrected chi connectivity index (χ1v) is 37.9. The fraction of sp³-hybridized carbons (Fsp3) is 0.410. The number of fused-ring (bicyclic) bond motifs is 9. The number of hydrogen-bond donors (Lipinski definition) is 6. The third-order valence-corrected chi connectivity index (χ3v) is 21.8. The van der Waals surface area contributed by atoms with Gasteiger partial charge in [0.2, 0.25) is 35.4 Å². The standard InChI is InChI=1S/C83H95N13O15/c1-10-56(11-2)96-77-59-18-13-12-17-53(59)44-93(64-20-15-14-19-60(64)76(77)90-91-96)74(100)30-29-71(97)85-42-72(98)86-43-73(99)89-75(48(3)4)79(102)87-49(5)78(101)88-55-25-21-51(22-26-55)46-111-82(105)95-50(6)66-40-83(31-32-83)47-94(66)81(104)62-37-68(108-9)70(39-65(62)95)110-34-16-33-109-69-38-63-61(36-67(69)107-8)80(103)92-45-54(35-57(92)41-84-63)52-23-27-58(106-7)28-24-52/h12-15,17-28,36-39,45,48-50,56-57,66,75,84H,10-11,16,29-35,40-44,46-47H2,1-9H3,(H,85,97)(H,86,98)(H,87,102)(H,88,101)(H,89,99)/t49-,50-,57?,66?,75-/m0/s1. The predicted molar refractivity (Wildman–Crippen MR) is 415 cm³/mol. The van der Waals surface area contributed by atoms with Crippen molar-refractivity contribution >= 4 is 81.7 Å². The van der Waals surface area contributed by atoms with E-state index in [1.165, 1.54) is 26.0 Å². The lowest BCUT2D eigenvalue weighted by Gasteiger charge is -2.33. The quantitative estimate of drug-likeness (QED) is 0.0248. The largest absolute Gasteiger partial charge is 0.497 e. The van der Waals surface area contributed by atoms with Crippen molar-refractivity contribution in [3.8, 4) is 51.3 Å². The molecule has 28 heteroatoms. The Morgan fingerprint density at radius 1 is 0.685 bits per heavy atom. The van der Waals surface area contributed by atoms with Crippen LogP contribution in [0.1, 0.15) is 143 Å². The van der Waals surface area contributed by atoms with Gasteiger partial charge in [0.05, 0.1) is 112 Å². The van der Waals surface area contributed by atoms with Gasteiger partial charge in [0, 0.05) is 67.5 Å². The number of ether oxygens (including phenoxy) is 6. The highest BCUT2D eigenvalue weighted by Crippen LogP contribution is 2.57. The molecule has 1 spiro atoms. The Bertz CT molecular complexity index is 4740. The minimum atomic E-state index is -1.10. The molecule has 6 heterocycles. The summed E-state index contributed by atoms with van der Waals surface area (Å²) in [6, 6.07) is 33.6. The Morgan fingerprint density at radius 3 is 2.05 bits per heavy atom. The average Bonchev–Trinajstić information content (AvgIpc) is 1.57. The first kappa shape index (κ1) is 77.2. The number of methoxy groups -OCH3 is 3. The summed E-state index contributed by atoms with van der Waals surface area (Å²) in [6.45, 7) is 11.6. The van der Waals surface area contributed by atoms with Gasteiger partial charge in [-0.1, -0.05) is 99.6 Å². The molecule has 1 saturated heterocycles. The average molecular weight is 1510 g/mol. The van der Waals surface area contributed by atoms with Crippen molar-refractivity contribution in [3.05, 3.63) is 155 Å². The molecule has 582 valence electrons. The highest BCUT2D eigenvalue weighted by molar-refractivity contribution is 6.07. The van der Waals surface area contributed by atoms with Crippen molar-refractivity contribution in [2.24, 2.45) is 11.3 Å². The van der Waals surface area contributed by atoms with Crippen LogP contribution in [0.5, 0.6) is 28.7 Å². The maximum atomic E-state index is 14.7. The molecule has 1 aromatic heterocycles. The molecule has 7 aromatic rings. The van der Waals surface area contributed by atoms with Gasteiger partial charge in [-0.3, -0.25) is 43.3 Å². The van der Waals surface area contributed by atoms with Crippen LogP contribution in [0, 0.1) is 11.3 Å². The maximum Gasteiger partial charge on any atom is 0.414 e. The van der Waals surface area contributed by atoms with E-state index in [0.717, 1.165) is 71.4 Å². The van der Waals surface area contributed by atoms with Crippen molar-refractivity contribution in [2.45, 2.75) is 149 Å². The third-order valence-electron chi connectivity index (χ3n) is 21.8. The number of para-hydroxylation sites is 1. The molecule has 5 atom stereocenters. The van der Waals surface area contributed by atoms with Crippen LogP contribution in [0.2, 0.25) is 0 Å². The molecule has 0 bridgehead atoms. The Hall–Kier alpha value is -12.0. The number of anilines is 4. The van der Waals surface area contributed by atoms with Gasteiger partial charge in [-0.05, 0) is 128 Å². The number of carbonyl (C=O) groups excluding carboxylic acids is 9. The minimum Gasteiger partial charge on any atom is -0.497 e. The Labute approximate surface area is 644 Å². The zero-order valence-corrected chi connectivity index (χ0v) is 63.9. The van der Waals surface area contributed by atoms with E-state index < -0.39 is 72.8 Å². The number of nitrogens with one attached hydrogen (secondary N) is 6. The van der Waals surface area contributed by atoms with E-state index >= 15 is 0 Å². The van der Waals surface area contributed by atoms with Crippen molar-refractivity contribution in [1.29, 1.82) is 0 Å². The number of aromatic nitrogens is 3. The lowest BCUT2D eigenvalue weighted by molar-refractivity contribution is -0.132. The summed E-state index contributed by atoms with van der Waals surface area (Å²) in [4.78, 5) is 131. The molecule has 6 aliphatic rings. The van der Waals surface area contributed by atoms with Gasteiger partial charge >= 0.3 is 6.09 Å². The van der Waals surface area contributed by atoms with Crippen molar-refractivity contribution in [2.75, 3.05) is 81.2 Å². The van der Waals surface area contributed by atoms with Crippen LogP contribution in [-0.4, -0.2) is 169 Å². The molecule has 1 aliphatic carbocycles. The molecule has 2 fully saturated rings. The van der Waals surface area contributed by atoms with Crippen molar-refractivity contribution in [3.63, 3.8) is 0 Å². The summed E-state index contributed by atoms with van der Waals surface area (Å²) in [6.07, 6.45) is 6.37. The number of hydrogen-bond acceptors (Lipinski definition) is 18. The molecule has 13 rings (SSSR count).